The largest absolute Gasteiger partial charge is 0.444 e. The van der Waals surface area contributed by atoms with E-state index >= 15 is 0 Å². The van der Waals surface area contributed by atoms with Crippen molar-refractivity contribution in [3.05, 3.63) is 95.6 Å². The first-order chi connectivity index (χ1) is 17.1. The summed E-state index contributed by atoms with van der Waals surface area (Å²) < 4.78 is 10.9. The molecular weight excluding hydrogens is 450 g/mol. The molecule has 0 radical (unpaired) electrons. The molecule has 1 aliphatic rings. The number of carbonyl (C=O) groups is 2. The van der Waals surface area contributed by atoms with Crippen molar-refractivity contribution in [3.63, 3.8) is 0 Å². The summed E-state index contributed by atoms with van der Waals surface area (Å²) in [7, 11) is 0. The van der Waals surface area contributed by atoms with Gasteiger partial charge in [-0.15, -0.1) is 9.72 Å². The van der Waals surface area contributed by atoms with Gasteiger partial charge in [0.15, 0.2) is 5.82 Å². The van der Waals surface area contributed by atoms with Gasteiger partial charge < -0.3 is 19.6 Å². The number of rotatable bonds is 6. The molecule has 1 aliphatic heterocycles. The van der Waals surface area contributed by atoms with Gasteiger partial charge in [0.2, 0.25) is 0 Å². The highest BCUT2D eigenvalue weighted by molar-refractivity contribution is 5.84. The van der Waals surface area contributed by atoms with Crippen molar-refractivity contribution in [2.24, 2.45) is 4.99 Å². The smallest absolute Gasteiger partial charge is 0.437 e. The van der Waals surface area contributed by atoms with Crippen LogP contribution in [-0.2, 0) is 22.7 Å². The molecule has 180 valence electrons. The third-order valence-corrected chi connectivity index (χ3v) is 5.12. The molecule has 2 heterocycles. The molecule has 0 atom stereocenters. The minimum absolute atomic E-state index is 0.0160. The van der Waals surface area contributed by atoms with Crippen LogP contribution in [0.3, 0.4) is 0 Å². The number of ether oxygens (including phenoxy) is 2. The van der Waals surface area contributed by atoms with Crippen LogP contribution in [0.25, 0.3) is 0 Å². The second kappa shape index (κ2) is 11.5. The molecule has 0 spiro atoms. The van der Waals surface area contributed by atoms with E-state index in [0.29, 0.717) is 23.6 Å². The molecule has 0 saturated carbocycles. The fourth-order valence-corrected chi connectivity index (χ4v) is 3.34. The number of benzene rings is 2. The Kier molecular flexibility index (Phi) is 7.74. The van der Waals surface area contributed by atoms with E-state index in [2.05, 4.69) is 21.4 Å². The maximum absolute atomic E-state index is 12.4. The monoisotopic (exact) mass is 475 g/mol. The molecule has 2 amide bonds. The molecule has 10 heteroatoms. The van der Waals surface area contributed by atoms with Crippen LogP contribution in [0.5, 0.6) is 0 Å². The number of hydrogen-bond donors (Lipinski definition) is 2. The van der Waals surface area contributed by atoms with Crippen LogP contribution in [0, 0.1) is 0 Å². The zero-order valence-electron chi connectivity index (χ0n) is 18.9. The predicted octanol–water partition coefficient (Wildman–Crippen LogP) is 3.87. The van der Waals surface area contributed by atoms with Crippen LogP contribution >= 0.6 is 0 Å². The zero-order valence-corrected chi connectivity index (χ0v) is 18.9. The summed E-state index contributed by atoms with van der Waals surface area (Å²) in [6.07, 6.45) is 3.13. The standard InChI is InChI=1S/C25H25N5O5/c31-24(34-17-19-10-4-1-5-11-19)27-22-16-21(29-14-8-3-9-15-29)26-23(30(22)33)28-25(32)35-18-20-12-6-2-7-13-20/h1-8,10-13,16,33H,9,14-15,17-18H2,(H,27,31). The van der Waals surface area contributed by atoms with Gasteiger partial charge in [-0.3, -0.25) is 5.32 Å². The van der Waals surface area contributed by atoms with E-state index in [0.717, 1.165) is 17.5 Å². The van der Waals surface area contributed by atoms with Gasteiger partial charge in [-0.05, 0) is 17.5 Å². The number of anilines is 2. The molecule has 4 rings (SSSR count). The molecule has 2 aromatic carbocycles. The third-order valence-electron chi connectivity index (χ3n) is 5.12. The molecule has 35 heavy (non-hydrogen) atoms. The predicted molar refractivity (Wildman–Crippen MR) is 128 cm³/mol. The highest BCUT2D eigenvalue weighted by Crippen LogP contribution is 2.17. The third kappa shape index (κ3) is 6.70. The molecule has 10 nitrogen and oxygen atoms in total. The van der Waals surface area contributed by atoms with Crippen molar-refractivity contribution in [1.82, 2.24) is 9.71 Å². The quantitative estimate of drug-likeness (QED) is 0.410. The lowest BCUT2D eigenvalue weighted by molar-refractivity contribution is 0.142. The molecule has 0 fully saturated rings. The molecule has 3 aromatic rings. The van der Waals surface area contributed by atoms with Gasteiger partial charge in [-0.2, -0.15) is 4.98 Å². The first-order valence-electron chi connectivity index (χ1n) is 11.0. The summed E-state index contributed by atoms with van der Waals surface area (Å²) in [5.74, 6) is 0.366. The number of amides is 2. The van der Waals surface area contributed by atoms with E-state index in [9.17, 15) is 14.8 Å². The van der Waals surface area contributed by atoms with Crippen LogP contribution in [0.15, 0.2) is 83.9 Å². The maximum atomic E-state index is 12.4. The van der Waals surface area contributed by atoms with Crippen LogP contribution in [0.2, 0.25) is 0 Å². The number of nitrogens with one attached hydrogen (secondary N) is 1. The van der Waals surface area contributed by atoms with Crippen molar-refractivity contribution in [2.45, 2.75) is 19.6 Å². The molecular formula is C25H25N5O5. The van der Waals surface area contributed by atoms with E-state index in [-0.39, 0.29) is 24.6 Å². The minimum Gasteiger partial charge on any atom is -0.444 e. The van der Waals surface area contributed by atoms with E-state index < -0.39 is 12.2 Å². The number of aromatic nitrogens is 2. The lowest BCUT2D eigenvalue weighted by Crippen LogP contribution is -2.34. The summed E-state index contributed by atoms with van der Waals surface area (Å²) >= 11 is 0. The number of nitrogens with zero attached hydrogens (tertiary/aromatic N) is 4. The van der Waals surface area contributed by atoms with Gasteiger partial charge in [-0.25, -0.2) is 9.59 Å². The van der Waals surface area contributed by atoms with Crippen molar-refractivity contribution in [3.8, 4) is 0 Å². The molecule has 0 bridgehead atoms. The van der Waals surface area contributed by atoms with Crippen molar-refractivity contribution in [1.29, 1.82) is 0 Å². The fraction of sp³-hybridized carbons (Fsp3) is 0.200. The van der Waals surface area contributed by atoms with Crippen LogP contribution < -0.4 is 15.8 Å². The molecule has 1 aromatic heterocycles. The Morgan fingerprint density at radius 3 is 2.26 bits per heavy atom. The van der Waals surface area contributed by atoms with E-state index in [1.54, 1.807) is 0 Å². The topological polar surface area (TPSA) is 118 Å². The molecule has 0 aliphatic carbocycles. The van der Waals surface area contributed by atoms with E-state index in [1.807, 2.05) is 71.6 Å². The Hall–Kier alpha value is -4.60. The van der Waals surface area contributed by atoms with Gasteiger partial charge in [0.1, 0.15) is 19.0 Å². The van der Waals surface area contributed by atoms with Crippen molar-refractivity contribution >= 4 is 23.8 Å². The Labute approximate surface area is 201 Å². The highest BCUT2D eigenvalue weighted by atomic mass is 16.6. The minimum atomic E-state index is -0.933. The second-order valence-corrected chi connectivity index (χ2v) is 7.66. The fourth-order valence-electron chi connectivity index (χ4n) is 3.34. The lowest BCUT2D eigenvalue weighted by Gasteiger charge is -2.25. The molecule has 2 N–H and O–H groups in total. The normalized spacial score (nSPS) is 13.4. The van der Waals surface area contributed by atoms with Crippen LogP contribution in [0.4, 0.5) is 21.2 Å². The zero-order chi connectivity index (χ0) is 24.5. The Morgan fingerprint density at radius 2 is 1.63 bits per heavy atom. The van der Waals surface area contributed by atoms with Gasteiger partial charge in [0.25, 0.3) is 5.62 Å². The summed E-state index contributed by atoms with van der Waals surface area (Å²) in [5.41, 5.74) is 1.26. The summed E-state index contributed by atoms with van der Waals surface area (Å²) in [6.45, 7) is 1.32. The van der Waals surface area contributed by atoms with Crippen molar-refractivity contribution in [2.75, 3.05) is 23.3 Å². The lowest BCUT2D eigenvalue weighted by atomic mass is 10.2. The van der Waals surface area contributed by atoms with Crippen LogP contribution in [0.1, 0.15) is 17.5 Å². The van der Waals surface area contributed by atoms with Gasteiger partial charge in [0.05, 0.1) is 0 Å². The summed E-state index contributed by atoms with van der Waals surface area (Å²) in [4.78, 5) is 34.7. The summed E-state index contributed by atoms with van der Waals surface area (Å²) in [5, 5.41) is 13.1. The number of carbonyl (C=O) groups excluding carboxylic acids is 2. The maximum Gasteiger partial charge on any atom is 0.437 e. The molecule has 0 unspecified atom stereocenters. The van der Waals surface area contributed by atoms with Crippen molar-refractivity contribution < 1.29 is 24.3 Å². The Balaban J connectivity index is 1.54. The SMILES string of the molecule is O=C(N=c1nc(N2CC=CCC2)cc(NC(=O)OCc2ccccc2)n1O)OCc1ccccc1. The van der Waals surface area contributed by atoms with Gasteiger partial charge >= 0.3 is 12.2 Å². The average Bonchev–Trinajstić information content (AvgIpc) is 2.90. The van der Waals surface area contributed by atoms with E-state index in [1.165, 1.54) is 6.07 Å². The van der Waals surface area contributed by atoms with Crippen LogP contribution in [-0.4, -0.2) is 40.2 Å². The van der Waals surface area contributed by atoms with Gasteiger partial charge in [0, 0.05) is 19.2 Å². The molecule has 0 saturated heterocycles. The first kappa shape index (κ1) is 23.6. The number of hydrogen-bond acceptors (Lipinski definition) is 7. The second-order valence-electron chi connectivity index (χ2n) is 7.66. The van der Waals surface area contributed by atoms with Gasteiger partial charge in [-0.1, -0.05) is 72.8 Å². The van der Waals surface area contributed by atoms with E-state index in [4.69, 9.17) is 9.47 Å². The Morgan fingerprint density at radius 1 is 0.971 bits per heavy atom. The first-order valence-corrected chi connectivity index (χ1v) is 11.0. The highest BCUT2D eigenvalue weighted by Gasteiger charge is 2.16. The average molecular weight is 476 g/mol. The Bertz CT molecular complexity index is 1260. The summed E-state index contributed by atoms with van der Waals surface area (Å²) in [6, 6.07) is 19.8.